The van der Waals surface area contributed by atoms with E-state index in [2.05, 4.69) is 20.8 Å². The molecule has 1 N–H and O–H groups in total. The number of furan rings is 1. The van der Waals surface area contributed by atoms with Gasteiger partial charge in [0.2, 0.25) is 0 Å². The van der Waals surface area contributed by atoms with Crippen molar-refractivity contribution in [2.75, 3.05) is 0 Å². The van der Waals surface area contributed by atoms with E-state index < -0.39 is 5.60 Å². The summed E-state index contributed by atoms with van der Waals surface area (Å²) in [6.07, 6.45) is 3.66. The van der Waals surface area contributed by atoms with Gasteiger partial charge in [-0.05, 0) is 38.2 Å². The second kappa shape index (κ2) is 5.72. The fourth-order valence-electron chi connectivity index (χ4n) is 2.19. The van der Waals surface area contributed by atoms with Crippen LogP contribution in [0.25, 0.3) is 0 Å². The van der Waals surface area contributed by atoms with Gasteiger partial charge in [0.25, 0.3) is 0 Å². The van der Waals surface area contributed by atoms with Gasteiger partial charge in [-0.25, -0.2) is 0 Å². The summed E-state index contributed by atoms with van der Waals surface area (Å²) in [5, 5.41) is 10.3. The van der Waals surface area contributed by atoms with Crippen molar-refractivity contribution in [3.8, 4) is 0 Å². The van der Waals surface area contributed by atoms with Gasteiger partial charge >= 0.3 is 0 Å². The molecule has 0 aliphatic heterocycles. The molecule has 0 saturated carbocycles. The second-order valence-electron chi connectivity index (χ2n) is 5.66. The van der Waals surface area contributed by atoms with Crippen molar-refractivity contribution in [3.05, 3.63) is 23.2 Å². The maximum Gasteiger partial charge on any atom is 0.110 e. The molecule has 0 amide bonds. The molecule has 0 spiro atoms. The Balaban J connectivity index is 0.000000317. The molecular weight excluding hydrogens is 212 g/mol. The number of fused-ring (bicyclic) bond motifs is 1. The summed E-state index contributed by atoms with van der Waals surface area (Å²) in [5.41, 5.74) is 0.407. The lowest BCUT2D eigenvalue weighted by Crippen LogP contribution is -2.28. The lowest BCUT2D eigenvalue weighted by atomic mass is 9.81. The van der Waals surface area contributed by atoms with E-state index >= 15 is 0 Å². The Bertz CT molecular complexity index is 349. The summed E-state index contributed by atoms with van der Waals surface area (Å²) in [4.78, 5) is 0. The number of aryl methyl sites for hydroxylation is 2. The van der Waals surface area contributed by atoms with Gasteiger partial charge in [-0.1, -0.05) is 27.7 Å². The molecule has 1 unspecified atom stereocenters. The summed E-state index contributed by atoms with van der Waals surface area (Å²) in [5.74, 6) is 2.74. The minimum Gasteiger partial charge on any atom is -0.466 e. The van der Waals surface area contributed by atoms with Crippen LogP contribution in [0, 0.1) is 12.8 Å². The molecule has 1 aliphatic rings. The van der Waals surface area contributed by atoms with Crippen molar-refractivity contribution in [1.29, 1.82) is 0 Å². The summed E-state index contributed by atoms with van der Waals surface area (Å²) in [6.45, 7) is 10.5. The molecule has 0 fully saturated rings. The molecule has 0 aromatic carbocycles. The molecule has 0 bridgehead atoms. The Morgan fingerprint density at radius 3 is 2.53 bits per heavy atom. The van der Waals surface area contributed by atoms with Gasteiger partial charge in [0.1, 0.15) is 11.5 Å². The summed E-state index contributed by atoms with van der Waals surface area (Å²) < 4.78 is 5.54. The number of aliphatic hydroxyl groups is 1. The number of rotatable bonds is 1. The Labute approximate surface area is 105 Å². The summed E-state index contributed by atoms with van der Waals surface area (Å²) in [7, 11) is 0. The van der Waals surface area contributed by atoms with E-state index in [1.165, 1.54) is 0 Å². The molecule has 1 atom stereocenters. The lowest BCUT2D eigenvalue weighted by molar-refractivity contribution is 0.0127. The van der Waals surface area contributed by atoms with Crippen LogP contribution < -0.4 is 0 Å². The molecule has 0 radical (unpaired) electrons. The average Bonchev–Trinajstić information content (AvgIpc) is 2.60. The number of hydrogen-bond donors (Lipinski definition) is 1. The number of hydrogen-bond acceptors (Lipinski definition) is 2. The highest BCUT2D eigenvalue weighted by molar-refractivity contribution is 5.30. The van der Waals surface area contributed by atoms with Crippen LogP contribution in [0.1, 0.15) is 64.0 Å². The Kier molecular flexibility index (Phi) is 4.81. The highest BCUT2D eigenvalue weighted by atomic mass is 16.3. The van der Waals surface area contributed by atoms with E-state index in [0.717, 1.165) is 48.7 Å². The Morgan fingerprint density at radius 2 is 2.00 bits per heavy atom. The fourth-order valence-corrected chi connectivity index (χ4v) is 2.19. The van der Waals surface area contributed by atoms with E-state index in [1.54, 1.807) is 0 Å². The van der Waals surface area contributed by atoms with Crippen LogP contribution in [-0.2, 0) is 12.0 Å². The largest absolute Gasteiger partial charge is 0.466 e. The maximum atomic E-state index is 10.3. The molecule has 1 aliphatic carbocycles. The van der Waals surface area contributed by atoms with Gasteiger partial charge < -0.3 is 9.52 Å². The molecule has 1 heterocycles. The third-order valence-corrected chi connectivity index (χ3v) is 3.01. The monoisotopic (exact) mass is 238 g/mol. The standard InChI is InChI=1S/C11H16O2.C4H10/c1-3-11(12)6-4-5-10-9(11)7-8(2)13-10;1-4(2)3/h7,12H,3-6H2,1-2H3;4H,1-3H3. The lowest BCUT2D eigenvalue weighted by Gasteiger charge is -2.30. The van der Waals surface area contributed by atoms with Crippen LogP contribution in [0.15, 0.2) is 10.5 Å². The van der Waals surface area contributed by atoms with E-state index in [1.807, 2.05) is 19.9 Å². The maximum absolute atomic E-state index is 10.3. The predicted octanol–water partition coefficient (Wildman–Crippen LogP) is 4.18. The molecule has 1 aromatic heterocycles. The normalized spacial score (nSPS) is 23.0. The van der Waals surface area contributed by atoms with Gasteiger partial charge in [-0.2, -0.15) is 0 Å². The van der Waals surface area contributed by atoms with E-state index in [0.29, 0.717) is 0 Å². The second-order valence-corrected chi connectivity index (χ2v) is 5.66. The molecule has 2 rings (SSSR count). The van der Waals surface area contributed by atoms with Gasteiger partial charge in [0.15, 0.2) is 0 Å². The van der Waals surface area contributed by atoms with Gasteiger partial charge in [-0.15, -0.1) is 0 Å². The van der Waals surface area contributed by atoms with Gasteiger partial charge in [0, 0.05) is 12.0 Å². The fraction of sp³-hybridized carbons (Fsp3) is 0.733. The van der Waals surface area contributed by atoms with E-state index in [4.69, 9.17) is 4.42 Å². The molecule has 17 heavy (non-hydrogen) atoms. The Hall–Kier alpha value is -0.760. The van der Waals surface area contributed by atoms with Gasteiger partial charge in [-0.3, -0.25) is 0 Å². The van der Waals surface area contributed by atoms with Crippen molar-refractivity contribution < 1.29 is 9.52 Å². The molecule has 1 aromatic rings. The quantitative estimate of drug-likeness (QED) is 0.796. The average molecular weight is 238 g/mol. The smallest absolute Gasteiger partial charge is 0.110 e. The first-order valence-corrected chi connectivity index (χ1v) is 6.71. The first kappa shape index (κ1) is 14.3. The van der Waals surface area contributed by atoms with Crippen LogP contribution in [0.2, 0.25) is 0 Å². The molecule has 2 nitrogen and oxygen atoms in total. The van der Waals surface area contributed by atoms with E-state index in [-0.39, 0.29) is 0 Å². The van der Waals surface area contributed by atoms with Crippen molar-refractivity contribution in [2.24, 2.45) is 5.92 Å². The third-order valence-electron chi connectivity index (χ3n) is 3.01. The van der Waals surface area contributed by atoms with Crippen molar-refractivity contribution in [2.45, 2.75) is 65.9 Å². The van der Waals surface area contributed by atoms with Gasteiger partial charge in [0.05, 0.1) is 5.60 Å². The first-order chi connectivity index (χ1) is 7.89. The van der Waals surface area contributed by atoms with Crippen molar-refractivity contribution in [1.82, 2.24) is 0 Å². The molecule has 2 heteroatoms. The van der Waals surface area contributed by atoms with Crippen LogP contribution in [0.4, 0.5) is 0 Å². The van der Waals surface area contributed by atoms with E-state index in [9.17, 15) is 5.11 Å². The highest BCUT2D eigenvalue weighted by Crippen LogP contribution is 2.39. The minimum absolute atomic E-state index is 0.620. The van der Waals surface area contributed by atoms with Crippen LogP contribution in [-0.4, -0.2) is 5.11 Å². The topological polar surface area (TPSA) is 33.4 Å². The Morgan fingerprint density at radius 1 is 1.41 bits per heavy atom. The minimum atomic E-state index is -0.620. The zero-order chi connectivity index (χ0) is 13.1. The summed E-state index contributed by atoms with van der Waals surface area (Å²) in [6, 6.07) is 1.98. The zero-order valence-electron chi connectivity index (χ0n) is 11.8. The van der Waals surface area contributed by atoms with Crippen LogP contribution >= 0.6 is 0 Å². The molecule has 0 saturated heterocycles. The first-order valence-electron chi connectivity index (χ1n) is 6.71. The predicted molar refractivity (Wildman–Crippen MR) is 71.1 cm³/mol. The van der Waals surface area contributed by atoms with Crippen LogP contribution in [0.3, 0.4) is 0 Å². The molecule has 98 valence electrons. The SMILES string of the molecule is CC(C)C.CCC1(O)CCCc2oc(C)cc21. The summed E-state index contributed by atoms with van der Waals surface area (Å²) >= 11 is 0. The molecular formula is C15H26O2. The highest BCUT2D eigenvalue weighted by Gasteiger charge is 2.34. The van der Waals surface area contributed by atoms with Crippen molar-refractivity contribution >= 4 is 0 Å². The third kappa shape index (κ3) is 3.60. The zero-order valence-corrected chi connectivity index (χ0v) is 11.8. The van der Waals surface area contributed by atoms with Crippen molar-refractivity contribution in [3.63, 3.8) is 0 Å². The van der Waals surface area contributed by atoms with Crippen LogP contribution in [0.5, 0.6) is 0 Å².